The number of hydrogen-bond donors (Lipinski definition) is 2. The van der Waals surface area contributed by atoms with Crippen LogP contribution in [0.15, 0.2) is 0 Å². The summed E-state index contributed by atoms with van der Waals surface area (Å²) in [5.74, 6) is 0. The van der Waals surface area contributed by atoms with Crippen molar-refractivity contribution in [2.24, 2.45) is 0 Å². The van der Waals surface area contributed by atoms with Crippen LogP contribution in [0.3, 0.4) is 0 Å². The molecule has 0 saturated carbocycles. The molecule has 176 valence electrons. The van der Waals surface area contributed by atoms with Gasteiger partial charge in [-0.05, 0) is 38.2 Å². The van der Waals surface area contributed by atoms with E-state index in [1.807, 2.05) is 12.5 Å². The molecule has 0 rings (SSSR count). The maximum atomic E-state index is 9.62. The van der Waals surface area contributed by atoms with Gasteiger partial charge in [-0.25, -0.2) is 0 Å². The van der Waals surface area contributed by atoms with Crippen LogP contribution >= 0.6 is 11.8 Å². The van der Waals surface area contributed by atoms with Crippen molar-refractivity contribution >= 4 is 19.6 Å². The van der Waals surface area contributed by atoms with Crippen molar-refractivity contribution in [1.29, 1.82) is 0 Å². The van der Waals surface area contributed by atoms with Gasteiger partial charge in [-0.1, -0.05) is 97.2 Å². The van der Waals surface area contributed by atoms with Gasteiger partial charge < -0.3 is 14.9 Å². The van der Waals surface area contributed by atoms with Crippen LogP contribution in [0.2, 0.25) is 6.32 Å². The molecule has 0 bridgehead atoms. The maximum Gasteiger partial charge on any atom is 0.154 e. The van der Waals surface area contributed by atoms with E-state index < -0.39 is 6.29 Å². The summed E-state index contributed by atoms with van der Waals surface area (Å²) in [6, 6.07) is 0. The van der Waals surface area contributed by atoms with E-state index in [-0.39, 0.29) is 0 Å². The summed E-state index contributed by atoms with van der Waals surface area (Å²) in [5.41, 5.74) is 0. The summed E-state index contributed by atoms with van der Waals surface area (Å²) in [6.07, 6.45) is 23.3. The van der Waals surface area contributed by atoms with Crippen LogP contribution in [-0.4, -0.2) is 50.1 Å². The number of unbranched alkanes of at least 4 members (excludes halogenated alkanes) is 12. The minimum atomic E-state index is -0.526. The zero-order chi connectivity index (χ0) is 22.4. The number of ether oxygens (including phenoxy) is 1. The standard InChI is InChI=1S/C16H34O2.C6H13BO.C2H6S/c1-3-5-7-9-11-13-15-18-16(17)14-12-10-8-6-4-2;7-5-3-1-2-4-6-8;1-3-2/h16-17H,3-15H2,1-2H3;8H,1-6H2;1-2H3. The van der Waals surface area contributed by atoms with E-state index in [2.05, 4.69) is 13.8 Å². The first kappa shape index (κ1) is 33.9. The Kier molecular flexibility index (Phi) is 41.8. The predicted octanol–water partition coefficient (Wildman–Crippen LogP) is 7.15. The quantitative estimate of drug-likeness (QED) is 0.129. The van der Waals surface area contributed by atoms with Crippen LogP contribution in [0.5, 0.6) is 0 Å². The first-order chi connectivity index (χ1) is 14.1. The second-order valence-electron chi connectivity index (χ2n) is 7.63. The Balaban J connectivity index is -0.000000508. The third-order valence-corrected chi connectivity index (χ3v) is 4.47. The monoisotopic (exact) mass is 432 g/mol. The fourth-order valence-electron chi connectivity index (χ4n) is 2.72. The van der Waals surface area contributed by atoms with Gasteiger partial charge >= 0.3 is 0 Å². The molecule has 0 saturated heterocycles. The Morgan fingerprint density at radius 1 is 0.724 bits per heavy atom. The van der Waals surface area contributed by atoms with Gasteiger partial charge in [0.25, 0.3) is 0 Å². The highest BCUT2D eigenvalue weighted by Crippen LogP contribution is 2.09. The smallest absolute Gasteiger partial charge is 0.154 e. The highest BCUT2D eigenvalue weighted by Gasteiger charge is 2.03. The lowest BCUT2D eigenvalue weighted by atomic mass is 9.99. The van der Waals surface area contributed by atoms with E-state index in [1.165, 1.54) is 57.8 Å². The van der Waals surface area contributed by atoms with E-state index in [1.54, 1.807) is 11.8 Å². The maximum absolute atomic E-state index is 9.62. The molecule has 0 aliphatic carbocycles. The summed E-state index contributed by atoms with van der Waals surface area (Å²) < 4.78 is 5.41. The van der Waals surface area contributed by atoms with Crippen LogP contribution in [0, 0.1) is 0 Å². The molecule has 3 nitrogen and oxygen atoms in total. The molecule has 0 aromatic carbocycles. The number of aliphatic hydroxyl groups is 2. The van der Waals surface area contributed by atoms with Crippen molar-refractivity contribution in [3.05, 3.63) is 0 Å². The lowest BCUT2D eigenvalue weighted by Gasteiger charge is -2.11. The Morgan fingerprint density at radius 3 is 1.69 bits per heavy atom. The van der Waals surface area contributed by atoms with Gasteiger partial charge in [0.2, 0.25) is 0 Å². The van der Waals surface area contributed by atoms with Gasteiger partial charge in [0.1, 0.15) is 0 Å². The van der Waals surface area contributed by atoms with E-state index in [0.29, 0.717) is 6.61 Å². The highest BCUT2D eigenvalue weighted by molar-refractivity contribution is 7.97. The third-order valence-electron chi connectivity index (χ3n) is 4.47. The van der Waals surface area contributed by atoms with Crippen molar-refractivity contribution in [1.82, 2.24) is 0 Å². The Hall–Kier alpha value is 0.295. The van der Waals surface area contributed by atoms with Crippen LogP contribution in [0.25, 0.3) is 0 Å². The molecule has 5 heteroatoms. The van der Waals surface area contributed by atoms with Gasteiger partial charge in [-0.2, -0.15) is 11.8 Å². The van der Waals surface area contributed by atoms with Crippen molar-refractivity contribution in [2.45, 2.75) is 129 Å². The van der Waals surface area contributed by atoms with Crippen LogP contribution in [0.4, 0.5) is 0 Å². The van der Waals surface area contributed by atoms with Gasteiger partial charge in [0, 0.05) is 13.2 Å². The molecule has 1 atom stereocenters. The molecule has 2 radical (unpaired) electrons. The Morgan fingerprint density at radius 2 is 1.17 bits per heavy atom. The molecule has 29 heavy (non-hydrogen) atoms. The van der Waals surface area contributed by atoms with Gasteiger partial charge in [0.15, 0.2) is 6.29 Å². The lowest BCUT2D eigenvalue weighted by Crippen LogP contribution is -2.12. The average Bonchev–Trinajstić information content (AvgIpc) is 2.71. The third kappa shape index (κ3) is 43.1. The second-order valence-corrected chi connectivity index (χ2v) is 8.45. The molecule has 0 aromatic rings. The summed E-state index contributed by atoms with van der Waals surface area (Å²) in [7, 11) is 5.25. The van der Waals surface area contributed by atoms with Crippen molar-refractivity contribution in [2.75, 3.05) is 25.7 Å². The molecule has 0 fully saturated rings. The van der Waals surface area contributed by atoms with E-state index in [9.17, 15) is 5.11 Å². The molecule has 0 amide bonds. The van der Waals surface area contributed by atoms with E-state index >= 15 is 0 Å². The van der Waals surface area contributed by atoms with Gasteiger partial charge in [-0.15, -0.1) is 0 Å². The lowest BCUT2D eigenvalue weighted by molar-refractivity contribution is -0.105. The minimum Gasteiger partial charge on any atom is -0.396 e. The van der Waals surface area contributed by atoms with E-state index in [4.69, 9.17) is 17.7 Å². The summed E-state index contributed by atoms with van der Waals surface area (Å²) >= 11 is 1.75. The van der Waals surface area contributed by atoms with E-state index in [0.717, 1.165) is 57.9 Å². The zero-order valence-corrected chi connectivity index (χ0v) is 21.1. The predicted molar refractivity (Wildman–Crippen MR) is 134 cm³/mol. The average molecular weight is 433 g/mol. The molecule has 0 spiro atoms. The molecule has 0 aliphatic heterocycles. The molecule has 0 aliphatic rings. The Labute approximate surface area is 189 Å². The highest BCUT2D eigenvalue weighted by atomic mass is 32.2. The number of hydrogen-bond acceptors (Lipinski definition) is 4. The summed E-state index contributed by atoms with van der Waals surface area (Å²) in [4.78, 5) is 0. The fourth-order valence-corrected chi connectivity index (χ4v) is 2.72. The van der Waals surface area contributed by atoms with Crippen LogP contribution < -0.4 is 0 Å². The first-order valence-electron chi connectivity index (χ1n) is 12.1. The second kappa shape index (κ2) is 35.7. The zero-order valence-electron chi connectivity index (χ0n) is 20.3. The number of thioether (sulfide) groups is 1. The van der Waals surface area contributed by atoms with Crippen LogP contribution in [-0.2, 0) is 4.74 Å². The van der Waals surface area contributed by atoms with Crippen molar-refractivity contribution in [3.8, 4) is 0 Å². The SMILES string of the molecule is CCCCCCCCOC(O)CCCCCCC.CSC.[B]CCCCCCO. The van der Waals surface area contributed by atoms with Gasteiger partial charge in [0.05, 0.1) is 7.85 Å². The molecular weight excluding hydrogens is 379 g/mol. The fraction of sp³-hybridized carbons (Fsp3) is 1.00. The first-order valence-corrected chi connectivity index (χ1v) is 13.8. The van der Waals surface area contributed by atoms with Crippen LogP contribution in [0.1, 0.15) is 117 Å². The molecular formula is C24H53BO3S. The minimum absolute atomic E-state index is 0.324. The van der Waals surface area contributed by atoms with Crippen molar-refractivity contribution < 1.29 is 14.9 Å². The van der Waals surface area contributed by atoms with Crippen molar-refractivity contribution in [3.63, 3.8) is 0 Å². The number of aliphatic hydroxyl groups excluding tert-OH is 2. The molecule has 0 aromatic heterocycles. The normalized spacial score (nSPS) is 11.2. The molecule has 2 N–H and O–H groups in total. The number of rotatable bonds is 19. The van der Waals surface area contributed by atoms with Gasteiger partial charge in [-0.3, -0.25) is 0 Å². The molecule has 0 heterocycles. The summed E-state index contributed by atoms with van der Waals surface area (Å²) in [5, 5.41) is 18.0. The molecule has 1 unspecified atom stereocenters. The Bertz CT molecular complexity index is 240. The summed E-state index contributed by atoms with van der Waals surface area (Å²) in [6.45, 7) is 5.51. The topological polar surface area (TPSA) is 49.7 Å². The largest absolute Gasteiger partial charge is 0.396 e.